The minimum atomic E-state index is -1.19. The topological polar surface area (TPSA) is 79.5 Å². The van der Waals surface area contributed by atoms with Gasteiger partial charge in [-0.15, -0.1) is 0 Å². The lowest BCUT2D eigenvalue weighted by Gasteiger charge is -2.27. The molecule has 1 radical (unpaired) electrons. The summed E-state index contributed by atoms with van der Waals surface area (Å²) in [7, 11) is 0. The van der Waals surface area contributed by atoms with Gasteiger partial charge in [0, 0.05) is 5.92 Å². The molecule has 0 aliphatic heterocycles. The molecule has 3 N–H and O–H groups in total. The van der Waals surface area contributed by atoms with Crippen LogP contribution in [0, 0.1) is 5.92 Å². The lowest BCUT2D eigenvalue weighted by molar-refractivity contribution is 0.126. The second kappa shape index (κ2) is 5.27. The van der Waals surface area contributed by atoms with Crippen LogP contribution in [0.3, 0.4) is 0 Å². The molecule has 0 aliphatic rings. The highest BCUT2D eigenvalue weighted by Gasteiger charge is 2.26. The summed E-state index contributed by atoms with van der Waals surface area (Å²) in [6.07, 6.45) is -1.19. The quantitative estimate of drug-likeness (QED) is 0.387. The Morgan fingerprint density at radius 1 is 1.56 bits per heavy atom. The van der Waals surface area contributed by atoms with Crippen molar-refractivity contribution < 1.29 is 9.90 Å². The lowest BCUT2D eigenvalue weighted by atomic mass is 10.00. The zero-order chi connectivity index (χ0) is 12.3. The van der Waals surface area contributed by atoms with Crippen LogP contribution in [-0.4, -0.2) is 21.2 Å². The third-order valence-corrected chi connectivity index (χ3v) is 2.50. The fourth-order valence-corrected chi connectivity index (χ4v) is 1.76. The minimum Gasteiger partial charge on any atom is -0.464 e. The molecule has 0 aliphatic carbocycles. The van der Waals surface area contributed by atoms with Gasteiger partial charge in [0.15, 0.2) is 0 Å². The van der Waals surface area contributed by atoms with Crippen molar-refractivity contribution in [3.05, 3.63) is 34.4 Å². The molecule has 0 saturated heterocycles. The fourth-order valence-electron chi connectivity index (χ4n) is 1.40. The number of amides is 1. The summed E-state index contributed by atoms with van der Waals surface area (Å²) in [6, 6.07) is 4.77. The molecule has 1 rings (SSSR count). The van der Waals surface area contributed by atoms with E-state index in [0.717, 1.165) is 10.9 Å². The van der Waals surface area contributed by atoms with Gasteiger partial charge in [0.2, 0.25) is 0 Å². The van der Waals surface area contributed by atoms with Crippen LogP contribution in [0.5, 0.6) is 0 Å². The number of nitrogens with two attached hydrogens (primary N) is 1. The maximum absolute atomic E-state index is 10.9. The molecule has 16 heavy (non-hydrogen) atoms. The lowest BCUT2D eigenvalue weighted by Crippen LogP contribution is -2.41. The summed E-state index contributed by atoms with van der Waals surface area (Å²) >= 11 is 3.24. The van der Waals surface area contributed by atoms with Crippen molar-refractivity contribution in [2.24, 2.45) is 5.84 Å². The average molecular weight is 287 g/mol. The van der Waals surface area contributed by atoms with Crippen LogP contribution in [0.2, 0.25) is 0 Å². The molecule has 1 atom stereocenters. The van der Waals surface area contributed by atoms with Gasteiger partial charge in [0.05, 0.1) is 11.7 Å². The largest absolute Gasteiger partial charge is 0.464 e. The SMILES string of the molecule is C[C](C)C(c1cccc(Br)n1)N(N)C(=O)O. The molecule has 87 valence electrons. The van der Waals surface area contributed by atoms with Crippen LogP contribution in [0.1, 0.15) is 25.6 Å². The van der Waals surface area contributed by atoms with Crippen molar-refractivity contribution >= 4 is 22.0 Å². The maximum atomic E-state index is 10.9. The molecule has 1 aromatic heterocycles. The molecular formula is C10H13BrN3O2. The summed E-state index contributed by atoms with van der Waals surface area (Å²) in [5.41, 5.74) is 0.597. The molecule has 1 heterocycles. The van der Waals surface area contributed by atoms with Crippen LogP contribution in [-0.2, 0) is 0 Å². The Balaban J connectivity index is 3.07. The van der Waals surface area contributed by atoms with Gasteiger partial charge in [-0.05, 0) is 28.1 Å². The molecule has 1 unspecified atom stereocenters. The Kier molecular flexibility index (Phi) is 4.26. The molecular weight excluding hydrogens is 274 g/mol. The Hall–Kier alpha value is -1.14. The zero-order valence-corrected chi connectivity index (χ0v) is 10.6. The van der Waals surface area contributed by atoms with Crippen LogP contribution in [0.15, 0.2) is 22.8 Å². The summed E-state index contributed by atoms with van der Waals surface area (Å²) in [4.78, 5) is 15.1. The van der Waals surface area contributed by atoms with Crippen LogP contribution >= 0.6 is 15.9 Å². The van der Waals surface area contributed by atoms with E-state index in [-0.39, 0.29) is 0 Å². The van der Waals surface area contributed by atoms with Gasteiger partial charge >= 0.3 is 6.09 Å². The molecule has 0 bridgehead atoms. The standard InChI is InChI=1S/C10H13BrN3O2/c1-6(2)9(14(12)10(15)16)7-4-3-5-8(11)13-7/h3-5,9H,12H2,1-2H3,(H,15,16). The summed E-state index contributed by atoms with van der Waals surface area (Å²) in [5, 5.41) is 9.63. The number of carboxylic acid groups (broad SMARTS) is 1. The Labute approximate surface area is 102 Å². The summed E-state index contributed by atoms with van der Waals surface area (Å²) in [5.74, 6) is 6.36. The van der Waals surface area contributed by atoms with E-state index in [1.807, 2.05) is 13.8 Å². The highest BCUT2D eigenvalue weighted by atomic mass is 79.9. The molecule has 1 aromatic rings. The first kappa shape index (κ1) is 12.9. The predicted octanol–water partition coefficient (Wildman–Crippen LogP) is 2.35. The van der Waals surface area contributed by atoms with E-state index in [1.165, 1.54) is 0 Å². The zero-order valence-electron chi connectivity index (χ0n) is 9.01. The number of hydrazine groups is 1. The van der Waals surface area contributed by atoms with Gasteiger partial charge in [-0.3, -0.25) is 0 Å². The normalized spacial score (nSPS) is 12.6. The minimum absolute atomic E-state index is 0.532. The van der Waals surface area contributed by atoms with Gasteiger partial charge in [-0.25, -0.2) is 20.6 Å². The number of halogens is 1. The van der Waals surface area contributed by atoms with E-state index in [9.17, 15) is 4.79 Å². The van der Waals surface area contributed by atoms with Crippen molar-refractivity contribution in [3.63, 3.8) is 0 Å². The fraction of sp³-hybridized carbons (Fsp3) is 0.300. The number of hydrogen-bond acceptors (Lipinski definition) is 3. The Morgan fingerprint density at radius 2 is 2.19 bits per heavy atom. The smallest absolute Gasteiger partial charge is 0.422 e. The Bertz CT molecular complexity index is 384. The van der Waals surface area contributed by atoms with Gasteiger partial charge in [-0.1, -0.05) is 19.9 Å². The van der Waals surface area contributed by atoms with E-state index in [1.54, 1.807) is 18.2 Å². The van der Waals surface area contributed by atoms with Gasteiger partial charge in [0.1, 0.15) is 4.60 Å². The highest BCUT2D eigenvalue weighted by molar-refractivity contribution is 9.10. The number of rotatable bonds is 3. The number of nitrogens with zero attached hydrogens (tertiary/aromatic N) is 2. The van der Waals surface area contributed by atoms with E-state index >= 15 is 0 Å². The molecule has 1 amide bonds. The molecule has 0 spiro atoms. The van der Waals surface area contributed by atoms with E-state index in [2.05, 4.69) is 20.9 Å². The van der Waals surface area contributed by atoms with Crippen molar-refractivity contribution in [2.45, 2.75) is 19.9 Å². The molecule has 0 aromatic carbocycles. The number of hydrogen-bond donors (Lipinski definition) is 2. The second-order valence-electron chi connectivity index (χ2n) is 3.55. The first-order valence-corrected chi connectivity index (χ1v) is 5.42. The van der Waals surface area contributed by atoms with Gasteiger partial charge in [0.25, 0.3) is 0 Å². The second-order valence-corrected chi connectivity index (χ2v) is 4.37. The van der Waals surface area contributed by atoms with Gasteiger partial charge in [-0.2, -0.15) is 0 Å². The number of pyridine rings is 1. The Morgan fingerprint density at radius 3 is 2.62 bits per heavy atom. The van der Waals surface area contributed by atoms with Crippen LogP contribution < -0.4 is 5.84 Å². The predicted molar refractivity (Wildman–Crippen MR) is 63.3 cm³/mol. The van der Waals surface area contributed by atoms with Crippen molar-refractivity contribution in [1.29, 1.82) is 0 Å². The monoisotopic (exact) mass is 286 g/mol. The number of aromatic nitrogens is 1. The first-order valence-electron chi connectivity index (χ1n) is 4.63. The molecule has 0 fully saturated rings. The van der Waals surface area contributed by atoms with Crippen molar-refractivity contribution in [3.8, 4) is 0 Å². The molecule has 0 saturated carbocycles. The first-order chi connectivity index (χ1) is 7.43. The van der Waals surface area contributed by atoms with Crippen molar-refractivity contribution in [2.75, 3.05) is 0 Å². The third kappa shape index (κ3) is 2.93. The van der Waals surface area contributed by atoms with E-state index in [0.29, 0.717) is 10.3 Å². The van der Waals surface area contributed by atoms with Crippen LogP contribution in [0.25, 0.3) is 0 Å². The van der Waals surface area contributed by atoms with Gasteiger partial charge < -0.3 is 5.11 Å². The third-order valence-electron chi connectivity index (χ3n) is 2.06. The van der Waals surface area contributed by atoms with E-state index < -0.39 is 12.1 Å². The molecule has 5 nitrogen and oxygen atoms in total. The van der Waals surface area contributed by atoms with Crippen LogP contribution in [0.4, 0.5) is 4.79 Å². The average Bonchev–Trinajstić information content (AvgIpc) is 2.17. The molecule has 6 heteroatoms. The summed E-state index contributed by atoms with van der Waals surface area (Å²) < 4.78 is 0.648. The number of carbonyl (C=O) groups is 1. The highest BCUT2D eigenvalue weighted by Crippen LogP contribution is 2.27. The summed E-state index contributed by atoms with van der Waals surface area (Å²) in [6.45, 7) is 3.63. The van der Waals surface area contributed by atoms with Crippen molar-refractivity contribution in [1.82, 2.24) is 9.99 Å². The maximum Gasteiger partial charge on any atom is 0.422 e. The van der Waals surface area contributed by atoms with E-state index in [4.69, 9.17) is 10.9 Å².